The zero-order valence-corrected chi connectivity index (χ0v) is 13.7. The van der Waals surface area contributed by atoms with Gasteiger partial charge in [0, 0.05) is 24.2 Å². The lowest BCUT2D eigenvalue weighted by Crippen LogP contribution is -2.26. The third kappa shape index (κ3) is 8.28. The van der Waals surface area contributed by atoms with Gasteiger partial charge in [0.1, 0.15) is 0 Å². The van der Waals surface area contributed by atoms with E-state index in [-0.39, 0.29) is 24.8 Å². The predicted molar refractivity (Wildman–Crippen MR) is 91.8 cm³/mol. The van der Waals surface area contributed by atoms with E-state index in [0.29, 0.717) is 24.2 Å². The van der Waals surface area contributed by atoms with E-state index < -0.39 is 5.97 Å². The summed E-state index contributed by atoms with van der Waals surface area (Å²) in [5.41, 5.74) is 6.34. The van der Waals surface area contributed by atoms with Crippen molar-refractivity contribution < 1.29 is 19.5 Å². The van der Waals surface area contributed by atoms with Gasteiger partial charge in [-0.15, -0.1) is 0 Å². The van der Waals surface area contributed by atoms with Crippen LogP contribution in [-0.2, 0) is 9.59 Å². The Morgan fingerprint density at radius 3 is 2.50 bits per heavy atom. The van der Waals surface area contributed by atoms with Crippen LogP contribution in [0.2, 0.25) is 0 Å². The van der Waals surface area contributed by atoms with Crippen molar-refractivity contribution in [3.8, 4) is 0 Å². The molecule has 1 rings (SSSR count). The Morgan fingerprint density at radius 1 is 1.04 bits per heavy atom. The fourth-order valence-electron chi connectivity index (χ4n) is 2.13. The molecule has 0 bridgehead atoms. The summed E-state index contributed by atoms with van der Waals surface area (Å²) >= 11 is 0. The topological polar surface area (TPSA) is 122 Å². The van der Waals surface area contributed by atoms with Crippen molar-refractivity contribution >= 4 is 23.5 Å². The van der Waals surface area contributed by atoms with E-state index in [0.717, 1.165) is 25.7 Å². The average molecular weight is 335 g/mol. The molecule has 0 aliphatic carbocycles. The molecular formula is C17H25N3O4. The first-order valence-corrected chi connectivity index (χ1v) is 8.13. The lowest BCUT2D eigenvalue weighted by atomic mass is 10.1. The first kappa shape index (κ1) is 19.6. The molecule has 1 aromatic rings. The standard InChI is InChI=1S/C17H25N3O4/c18-10-4-2-1-3-8-15(21)20-14-7-5-6-13(12-14)17(24)19-11-9-16(22)23/h5-7,12H,1-4,8-11,18H2,(H,19,24)(H,20,21)(H,22,23). The van der Waals surface area contributed by atoms with Gasteiger partial charge in [0.15, 0.2) is 0 Å². The third-order valence-corrected chi connectivity index (χ3v) is 3.39. The Morgan fingerprint density at radius 2 is 1.79 bits per heavy atom. The first-order chi connectivity index (χ1) is 11.5. The molecule has 0 radical (unpaired) electrons. The fourth-order valence-corrected chi connectivity index (χ4v) is 2.13. The number of carboxylic acids is 1. The van der Waals surface area contributed by atoms with Crippen LogP contribution in [0.4, 0.5) is 5.69 Å². The van der Waals surface area contributed by atoms with E-state index in [1.165, 1.54) is 0 Å². The summed E-state index contributed by atoms with van der Waals surface area (Å²) in [5, 5.41) is 13.8. The lowest BCUT2D eigenvalue weighted by Gasteiger charge is -2.08. The summed E-state index contributed by atoms with van der Waals surface area (Å²) < 4.78 is 0. The Hall–Kier alpha value is -2.41. The Bertz CT molecular complexity index is 561. The van der Waals surface area contributed by atoms with Crippen molar-refractivity contribution in [1.82, 2.24) is 5.32 Å². The molecule has 132 valence electrons. The molecule has 5 N–H and O–H groups in total. The molecule has 0 aliphatic rings. The van der Waals surface area contributed by atoms with E-state index in [4.69, 9.17) is 10.8 Å². The second kappa shape index (κ2) is 11.2. The van der Waals surface area contributed by atoms with Crippen LogP contribution >= 0.6 is 0 Å². The van der Waals surface area contributed by atoms with Gasteiger partial charge in [-0.3, -0.25) is 14.4 Å². The minimum absolute atomic E-state index is 0.0630. The van der Waals surface area contributed by atoms with Crippen molar-refractivity contribution in [2.75, 3.05) is 18.4 Å². The van der Waals surface area contributed by atoms with E-state index in [1.54, 1.807) is 24.3 Å². The van der Waals surface area contributed by atoms with Gasteiger partial charge in [-0.25, -0.2) is 0 Å². The quantitative estimate of drug-likeness (QED) is 0.459. The number of anilines is 1. The molecule has 0 saturated carbocycles. The predicted octanol–water partition coefficient (Wildman–Crippen LogP) is 1.74. The number of aliphatic carboxylic acids is 1. The molecule has 24 heavy (non-hydrogen) atoms. The number of nitrogens with two attached hydrogens (primary N) is 1. The van der Waals surface area contributed by atoms with Crippen LogP contribution in [0, 0.1) is 0 Å². The van der Waals surface area contributed by atoms with Crippen LogP contribution in [0.1, 0.15) is 48.9 Å². The number of rotatable bonds is 11. The molecule has 0 unspecified atom stereocenters. The maximum atomic E-state index is 11.9. The number of amides is 2. The highest BCUT2D eigenvalue weighted by molar-refractivity contribution is 5.97. The maximum Gasteiger partial charge on any atom is 0.305 e. The molecule has 0 fully saturated rings. The highest BCUT2D eigenvalue weighted by atomic mass is 16.4. The van der Waals surface area contributed by atoms with E-state index in [9.17, 15) is 14.4 Å². The number of hydrogen-bond donors (Lipinski definition) is 4. The SMILES string of the molecule is NCCCCCCC(=O)Nc1cccc(C(=O)NCCC(=O)O)c1. The van der Waals surface area contributed by atoms with Gasteiger partial charge in [-0.05, 0) is 37.6 Å². The number of carbonyl (C=O) groups is 3. The van der Waals surface area contributed by atoms with E-state index in [2.05, 4.69) is 10.6 Å². The largest absolute Gasteiger partial charge is 0.481 e. The van der Waals surface area contributed by atoms with Crippen molar-refractivity contribution in [2.45, 2.75) is 38.5 Å². The number of nitrogens with one attached hydrogen (secondary N) is 2. The van der Waals surface area contributed by atoms with Crippen LogP contribution in [0.15, 0.2) is 24.3 Å². The van der Waals surface area contributed by atoms with Crippen LogP contribution in [0.5, 0.6) is 0 Å². The van der Waals surface area contributed by atoms with Crippen LogP contribution in [0.25, 0.3) is 0 Å². The highest BCUT2D eigenvalue weighted by Gasteiger charge is 2.08. The molecule has 0 aliphatic heterocycles. The molecule has 0 saturated heterocycles. The smallest absolute Gasteiger partial charge is 0.305 e. The summed E-state index contributed by atoms with van der Waals surface area (Å²) in [6.07, 6.45) is 4.07. The summed E-state index contributed by atoms with van der Waals surface area (Å²) in [4.78, 5) is 34.2. The second-order valence-electron chi connectivity index (χ2n) is 5.48. The van der Waals surface area contributed by atoms with Crippen molar-refractivity contribution in [1.29, 1.82) is 0 Å². The Kier molecular flexibility index (Phi) is 9.14. The zero-order valence-electron chi connectivity index (χ0n) is 13.7. The normalized spacial score (nSPS) is 10.2. The third-order valence-electron chi connectivity index (χ3n) is 3.39. The molecule has 7 heteroatoms. The van der Waals surface area contributed by atoms with Gasteiger partial charge in [0.2, 0.25) is 5.91 Å². The Balaban J connectivity index is 2.42. The second-order valence-corrected chi connectivity index (χ2v) is 5.48. The van der Waals surface area contributed by atoms with Crippen molar-refractivity contribution in [2.24, 2.45) is 5.73 Å². The number of carbonyl (C=O) groups excluding carboxylic acids is 2. The lowest BCUT2D eigenvalue weighted by molar-refractivity contribution is -0.136. The minimum Gasteiger partial charge on any atom is -0.481 e. The summed E-state index contributed by atoms with van der Waals surface area (Å²) in [6, 6.07) is 6.56. The number of hydrogen-bond acceptors (Lipinski definition) is 4. The monoisotopic (exact) mass is 335 g/mol. The van der Waals surface area contributed by atoms with Crippen molar-refractivity contribution in [3.63, 3.8) is 0 Å². The van der Waals surface area contributed by atoms with Gasteiger partial charge < -0.3 is 21.5 Å². The summed E-state index contributed by atoms with van der Waals surface area (Å²) in [7, 11) is 0. The fraction of sp³-hybridized carbons (Fsp3) is 0.471. The number of unbranched alkanes of at least 4 members (excludes halogenated alkanes) is 3. The number of benzene rings is 1. The van der Waals surface area contributed by atoms with E-state index >= 15 is 0 Å². The number of carboxylic acid groups (broad SMARTS) is 1. The van der Waals surface area contributed by atoms with Gasteiger partial charge in [0.05, 0.1) is 6.42 Å². The molecule has 7 nitrogen and oxygen atoms in total. The van der Waals surface area contributed by atoms with Gasteiger partial charge >= 0.3 is 5.97 Å². The molecule has 1 aromatic carbocycles. The molecular weight excluding hydrogens is 310 g/mol. The highest BCUT2D eigenvalue weighted by Crippen LogP contribution is 2.12. The van der Waals surface area contributed by atoms with Crippen LogP contribution < -0.4 is 16.4 Å². The summed E-state index contributed by atoms with van der Waals surface area (Å²) in [5.74, 6) is -1.43. The summed E-state index contributed by atoms with van der Waals surface area (Å²) in [6.45, 7) is 0.737. The first-order valence-electron chi connectivity index (χ1n) is 8.13. The molecule has 2 amide bonds. The van der Waals surface area contributed by atoms with Gasteiger partial charge in [-0.2, -0.15) is 0 Å². The minimum atomic E-state index is -0.970. The van der Waals surface area contributed by atoms with Crippen LogP contribution in [-0.4, -0.2) is 36.0 Å². The average Bonchev–Trinajstić information content (AvgIpc) is 2.54. The van der Waals surface area contributed by atoms with Gasteiger partial charge in [0.25, 0.3) is 5.91 Å². The van der Waals surface area contributed by atoms with Crippen molar-refractivity contribution in [3.05, 3.63) is 29.8 Å². The van der Waals surface area contributed by atoms with E-state index in [1.807, 2.05) is 0 Å². The molecule has 0 spiro atoms. The van der Waals surface area contributed by atoms with Crippen LogP contribution in [0.3, 0.4) is 0 Å². The Labute approximate surface area is 141 Å². The molecule has 0 aromatic heterocycles. The van der Waals surface area contributed by atoms with Gasteiger partial charge in [-0.1, -0.05) is 18.9 Å². The zero-order chi connectivity index (χ0) is 17.8. The molecule has 0 heterocycles. The molecule has 0 atom stereocenters. The maximum absolute atomic E-state index is 11.9.